The average Bonchev–Trinajstić information content (AvgIpc) is 2.88. The van der Waals surface area contributed by atoms with Gasteiger partial charge in [0.05, 0.1) is 5.69 Å². The number of carboxylic acid groups (broad SMARTS) is 1. The summed E-state index contributed by atoms with van der Waals surface area (Å²) < 4.78 is 1.36. The maximum Gasteiger partial charge on any atom is 0.395 e. The zero-order chi connectivity index (χ0) is 19.2. The summed E-state index contributed by atoms with van der Waals surface area (Å²) in [5.74, 6) is -1.17. The van der Waals surface area contributed by atoms with E-state index in [1.54, 1.807) is 0 Å². The number of amides is 3. The molecular weight excluding hydrogens is 338 g/mol. The lowest BCUT2D eigenvalue weighted by atomic mass is 10.1. The van der Waals surface area contributed by atoms with Crippen molar-refractivity contribution in [2.45, 2.75) is 19.9 Å². The van der Waals surface area contributed by atoms with Gasteiger partial charge in [0.25, 0.3) is 5.91 Å². The van der Waals surface area contributed by atoms with Crippen molar-refractivity contribution in [1.29, 1.82) is 0 Å². The molecule has 2 aliphatic heterocycles. The van der Waals surface area contributed by atoms with Crippen LogP contribution in [-0.2, 0) is 9.59 Å². The number of hydrogen-bond acceptors (Lipinski definition) is 5. The fourth-order valence-corrected chi connectivity index (χ4v) is 3.19. The van der Waals surface area contributed by atoms with Crippen LogP contribution in [0, 0.1) is 13.8 Å². The number of guanidine groups is 1. The van der Waals surface area contributed by atoms with Crippen molar-refractivity contribution in [1.82, 2.24) is 9.80 Å². The third-order valence-corrected chi connectivity index (χ3v) is 4.31. The van der Waals surface area contributed by atoms with E-state index in [1.807, 2.05) is 32.0 Å². The molecule has 1 unspecified atom stereocenters. The van der Waals surface area contributed by atoms with E-state index in [1.165, 1.54) is 23.6 Å². The first-order valence-electron chi connectivity index (χ1n) is 8.03. The molecule has 9 heteroatoms. The van der Waals surface area contributed by atoms with Crippen LogP contribution in [-0.4, -0.2) is 75.9 Å². The molecule has 0 radical (unpaired) electrons. The van der Waals surface area contributed by atoms with E-state index in [9.17, 15) is 19.5 Å². The number of urea groups is 1. The maximum atomic E-state index is 12.6. The van der Waals surface area contributed by atoms with Crippen molar-refractivity contribution in [3.05, 3.63) is 29.3 Å². The van der Waals surface area contributed by atoms with Crippen LogP contribution in [0.25, 0.3) is 0 Å². The first-order chi connectivity index (χ1) is 12.2. The number of aliphatic carboxylic acids is 1. The normalized spacial score (nSPS) is 19.7. The molecule has 0 aromatic heterocycles. The number of carbonyl (C=O) groups is 3. The number of aliphatic imine (C=N–C) groups is 1. The molecule has 2 heterocycles. The first-order valence-corrected chi connectivity index (χ1v) is 8.03. The molecule has 0 bridgehead atoms. The number of carboxylic acids is 1. The van der Waals surface area contributed by atoms with Crippen LogP contribution in [0.4, 0.5) is 10.5 Å². The Morgan fingerprint density at radius 2 is 1.81 bits per heavy atom. The third-order valence-electron chi connectivity index (χ3n) is 4.31. The van der Waals surface area contributed by atoms with Crippen LogP contribution in [0.1, 0.15) is 11.1 Å². The summed E-state index contributed by atoms with van der Waals surface area (Å²) in [5, 5.41) is 12.4. The van der Waals surface area contributed by atoms with E-state index in [4.69, 9.17) is 0 Å². The van der Waals surface area contributed by atoms with Gasteiger partial charge < -0.3 is 5.11 Å². The Kier molecular flexibility index (Phi) is 4.23. The van der Waals surface area contributed by atoms with E-state index >= 15 is 0 Å². The second-order valence-corrected chi connectivity index (χ2v) is 6.46. The Balaban J connectivity index is 2.06. The molecule has 0 saturated carbocycles. The van der Waals surface area contributed by atoms with Crippen molar-refractivity contribution in [2.24, 2.45) is 4.99 Å². The van der Waals surface area contributed by atoms with Crippen molar-refractivity contribution in [3.63, 3.8) is 0 Å². The number of nitrogens with one attached hydrogen (secondary N) is 1. The zero-order valence-electron chi connectivity index (χ0n) is 15.0. The van der Waals surface area contributed by atoms with Crippen LogP contribution in [0.3, 0.4) is 0 Å². The Morgan fingerprint density at radius 1 is 1.19 bits per heavy atom. The number of rotatable bonds is 3. The predicted molar refractivity (Wildman–Crippen MR) is 94.5 cm³/mol. The molecule has 3 amide bonds. The van der Waals surface area contributed by atoms with Gasteiger partial charge in [0.15, 0.2) is 6.54 Å². The molecule has 1 aromatic rings. The largest absolute Gasteiger partial charge is 0.479 e. The summed E-state index contributed by atoms with van der Waals surface area (Å²) >= 11 is 0. The highest BCUT2D eigenvalue weighted by atomic mass is 16.4. The minimum absolute atomic E-state index is 0.214. The number of likely N-dealkylation sites (N-methyl/N-ethyl adjacent to an activating group) is 2. The maximum absolute atomic E-state index is 12.6. The standard InChI is InChI=1S/C17H19N5O4/c1-9-5-10(2)7-11(6-9)18-16-19-14-13(22(16)8-12(23)24)15(25)21(4)17(26)20(14)3/h5-7,13H,8H2,1-4H3,(H,23,24)/p+1. The van der Waals surface area contributed by atoms with Gasteiger partial charge in [-0.05, 0) is 37.1 Å². The molecule has 2 aliphatic rings. The number of fused-ring (bicyclic) bond motifs is 1. The van der Waals surface area contributed by atoms with Gasteiger partial charge in [-0.2, -0.15) is 0 Å². The fourth-order valence-electron chi connectivity index (χ4n) is 3.19. The van der Waals surface area contributed by atoms with Gasteiger partial charge in [-0.1, -0.05) is 11.1 Å². The minimum atomic E-state index is -1.10. The number of hydrogen-bond donors (Lipinski definition) is 2. The van der Waals surface area contributed by atoms with Crippen molar-refractivity contribution < 1.29 is 24.1 Å². The van der Waals surface area contributed by atoms with Crippen molar-refractivity contribution in [3.8, 4) is 0 Å². The Labute approximate surface area is 150 Å². The van der Waals surface area contributed by atoms with Crippen LogP contribution in [0.2, 0.25) is 0 Å². The molecule has 9 nitrogen and oxygen atoms in total. The Bertz CT molecular complexity index is 869. The summed E-state index contributed by atoms with van der Waals surface area (Å²) in [6.45, 7) is 3.47. The number of carbonyl (C=O) groups excluding carboxylic acids is 2. The number of nitrogens with zero attached hydrogens (tertiary/aromatic N) is 4. The number of benzene rings is 1. The van der Waals surface area contributed by atoms with Crippen LogP contribution in [0.15, 0.2) is 23.2 Å². The molecule has 1 aromatic carbocycles. The van der Waals surface area contributed by atoms with Crippen molar-refractivity contribution >= 4 is 35.4 Å². The van der Waals surface area contributed by atoms with E-state index < -0.39 is 30.5 Å². The molecule has 0 aliphatic carbocycles. The summed E-state index contributed by atoms with van der Waals surface area (Å²) in [4.78, 5) is 42.7. The SMILES string of the molecule is Cc1cc(C)cc(NC2=[N+](CC(=O)O)C3C(=O)N(C)C(=O)N(C)C3=N2)c1. The monoisotopic (exact) mass is 358 g/mol. The topological polar surface area (TPSA) is 105 Å². The number of anilines is 1. The number of imide groups is 1. The molecule has 1 fully saturated rings. The molecule has 3 rings (SSSR count). The van der Waals surface area contributed by atoms with Crippen LogP contribution < -0.4 is 5.32 Å². The lowest BCUT2D eigenvalue weighted by Crippen LogP contribution is -2.61. The molecule has 2 N–H and O–H groups in total. The van der Waals surface area contributed by atoms with Gasteiger partial charge >= 0.3 is 18.0 Å². The van der Waals surface area contributed by atoms with Gasteiger partial charge in [0.2, 0.25) is 11.9 Å². The van der Waals surface area contributed by atoms with Crippen LogP contribution in [0.5, 0.6) is 0 Å². The molecule has 1 atom stereocenters. The quantitative estimate of drug-likeness (QED) is 0.765. The highest BCUT2D eigenvalue weighted by Crippen LogP contribution is 2.21. The average molecular weight is 358 g/mol. The van der Waals surface area contributed by atoms with E-state index in [0.29, 0.717) is 0 Å². The lowest BCUT2D eigenvalue weighted by molar-refractivity contribution is -0.525. The van der Waals surface area contributed by atoms with Crippen molar-refractivity contribution in [2.75, 3.05) is 26.0 Å². The lowest BCUT2D eigenvalue weighted by Gasteiger charge is -2.31. The van der Waals surface area contributed by atoms with E-state index in [-0.39, 0.29) is 11.8 Å². The molecule has 136 valence electrons. The van der Waals surface area contributed by atoms with E-state index in [0.717, 1.165) is 21.7 Å². The predicted octanol–water partition coefficient (Wildman–Crippen LogP) is 0.473. The highest BCUT2D eigenvalue weighted by Gasteiger charge is 2.51. The third kappa shape index (κ3) is 2.92. The number of aryl methyl sites for hydroxylation is 2. The minimum Gasteiger partial charge on any atom is -0.479 e. The summed E-state index contributed by atoms with van der Waals surface area (Å²) in [5.41, 5.74) is 2.79. The fraction of sp³-hybridized carbons (Fsp3) is 0.353. The zero-order valence-corrected chi connectivity index (χ0v) is 15.0. The second-order valence-electron chi connectivity index (χ2n) is 6.46. The molecule has 0 spiro atoms. The molecular formula is C17H20N5O4+. The van der Waals surface area contributed by atoms with Gasteiger partial charge in [-0.15, -0.1) is 0 Å². The first kappa shape index (κ1) is 17.6. The summed E-state index contributed by atoms with van der Waals surface area (Å²) in [6.07, 6.45) is 0. The summed E-state index contributed by atoms with van der Waals surface area (Å²) in [7, 11) is 2.88. The smallest absolute Gasteiger partial charge is 0.395 e. The highest BCUT2D eigenvalue weighted by molar-refractivity contribution is 6.23. The van der Waals surface area contributed by atoms with Gasteiger partial charge in [-0.25, -0.2) is 19.5 Å². The number of amidine groups is 1. The second kappa shape index (κ2) is 6.25. The molecule has 26 heavy (non-hydrogen) atoms. The Hall–Kier alpha value is -3.23. The van der Waals surface area contributed by atoms with E-state index in [2.05, 4.69) is 10.3 Å². The molecule has 1 saturated heterocycles. The van der Waals surface area contributed by atoms with Gasteiger partial charge in [-0.3, -0.25) is 14.6 Å². The summed E-state index contributed by atoms with van der Waals surface area (Å²) in [6, 6.07) is 4.34. The Morgan fingerprint density at radius 3 is 2.38 bits per heavy atom. The van der Waals surface area contributed by atoms with Crippen LogP contribution >= 0.6 is 0 Å². The van der Waals surface area contributed by atoms with Gasteiger partial charge in [0.1, 0.15) is 0 Å². The van der Waals surface area contributed by atoms with Gasteiger partial charge in [0, 0.05) is 14.1 Å².